The molecule has 0 aromatic rings. The summed E-state index contributed by atoms with van der Waals surface area (Å²) in [7, 11) is 0. The Bertz CT molecular complexity index is 378. The lowest BCUT2D eigenvalue weighted by Crippen LogP contribution is -2.29. The Labute approximate surface area is 101 Å². The van der Waals surface area contributed by atoms with Crippen LogP contribution in [0.5, 0.6) is 0 Å². The molecule has 0 saturated heterocycles. The maximum atomic E-state index is 10.7. The molecule has 2 amide bonds. The highest BCUT2D eigenvalue weighted by Crippen LogP contribution is 2.00. The molecule has 17 heavy (non-hydrogen) atoms. The summed E-state index contributed by atoms with van der Waals surface area (Å²) in [5.74, 6) is 4.00. The van der Waals surface area contributed by atoms with Crippen molar-refractivity contribution in [2.45, 2.75) is 19.3 Å². The SMILES string of the molecule is C#CCCCC=O.C#CCN1C(=O)C=CC1=O. The van der Waals surface area contributed by atoms with Crippen LogP contribution < -0.4 is 0 Å². The first-order valence-electron chi connectivity index (χ1n) is 5.01. The third-order valence-electron chi connectivity index (χ3n) is 1.79. The molecule has 0 fully saturated rings. The van der Waals surface area contributed by atoms with Crippen LogP contribution in [0.2, 0.25) is 0 Å². The van der Waals surface area contributed by atoms with Gasteiger partial charge >= 0.3 is 0 Å². The van der Waals surface area contributed by atoms with Crippen molar-refractivity contribution in [2.75, 3.05) is 6.54 Å². The number of carbonyl (C=O) groups is 3. The number of nitrogens with zero attached hydrogens (tertiary/aromatic N) is 1. The number of carbonyl (C=O) groups excluding carboxylic acids is 3. The molecule has 0 radical (unpaired) electrons. The highest BCUT2D eigenvalue weighted by atomic mass is 16.2. The molecule has 4 nitrogen and oxygen atoms in total. The van der Waals surface area contributed by atoms with Crippen molar-refractivity contribution < 1.29 is 14.4 Å². The van der Waals surface area contributed by atoms with Gasteiger partial charge in [-0.3, -0.25) is 14.5 Å². The van der Waals surface area contributed by atoms with Crippen LogP contribution in [0.1, 0.15) is 19.3 Å². The van der Waals surface area contributed by atoms with E-state index in [1.54, 1.807) is 0 Å². The molecular weight excluding hydrogens is 218 g/mol. The number of imide groups is 1. The summed E-state index contributed by atoms with van der Waals surface area (Å²) in [5, 5.41) is 0. The molecule has 4 heteroatoms. The molecule has 0 aliphatic carbocycles. The highest BCUT2D eigenvalue weighted by Gasteiger charge is 2.21. The fourth-order valence-electron chi connectivity index (χ4n) is 0.966. The standard InChI is InChI=1S/C7H5NO2.C6H8O/c1-2-5-8-6(9)3-4-7(8)10;1-2-3-4-5-6-7/h1,3-4H,5H2;1,6H,3-5H2. The molecule has 0 unspecified atom stereocenters. The van der Waals surface area contributed by atoms with Gasteiger partial charge in [-0.2, -0.15) is 0 Å². The van der Waals surface area contributed by atoms with E-state index in [-0.39, 0.29) is 18.4 Å². The van der Waals surface area contributed by atoms with Crippen molar-refractivity contribution in [1.82, 2.24) is 4.90 Å². The van der Waals surface area contributed by atoms with Gasteiger partial charge in [-0.15, -0.1) is 18.8 Å². The minimum Gasteiger partial charge on any atom is -0.303 e. The predicted octanol–water partition coefficient (Wildman–Crippen LogP) is 0.533. The smallest absolute Gasteiger partial charge is 0.254 e. The number of terminal acetylenes is 2. The summed E-state index contributed by atoms with van der Waals surface area (Å²) < 4.78 is 0. The van der Waals surface area contributed by atoms with Crippen molar-refractivity contribution in [3.05, 3.63) is 12.2 Å². The molecule has 0 aromatic carbocycles. The van der Waals surface area contributed by atoms with Crippen molar-refractivity contribution in [3.63, 3.8) is 0 Å². The summed E-state index contributed by atoms with van der Waals surface area (Å²) in [6.07, 6.45) is 15.3. The molecule has 0 saturated carbocycles. The number of amides is 2. The van der Waals surface area contributed by atoms with Gasteiger partial charge in [0.15, 0.2) is 0 Å². The first-order valence-corrected chi connectivity index (χ1v) is 5.01. The number of aldehydes is 1. The molecule has 0 atom stereocenters. The van der Waals surface area contributed by atoms with Crippen LogP contribution in [0.3, 0.4) is 0 Å². The van der Waals surface area contributed by atoms with Gasteiger partial charge in [-0.25, -0.2) is 0 Å². The summed E-state index contributed by atoms with van der Waals surface area (Å²) in [5.41, 5.74) is 0. The molecule has 0 spiro atoms. The lowest BCUT2D eigenvalue weighted by atomic mass is 10.3. The van der Waals surface area contributed by atoms with Gasteiger partial charge < -0.3 is 4.79 Å². The van der Waals surface area contributed by atoms with Crippen LogP contribution in [0.4, 0.5) is 0 Å². The molecule has 0 bridgehead atoms. The Morgan fingerprint density at radius 2 is 1.76 bits per heavy atom. The van der Waals surface area contributed by atoms with E-state index in [1.165, 1.54) is 12.2 Å². The van der Waals surface area contributed by atoms with Crippen molar-refractivity contribution in [2.24, 2.45) is 0 Å². The molecule has 1 aliphatic heterocycles. The van der Waals surface area contributed by atoms with E-state index in [4.69, 9.17) is 12.8 Å². The summed E-state index contributed by atoms with van der Waals surface area (Å²) >= 11 is 0. The topological polar surface area (TPSA) is 54.5 Å². The van der Waals surface area contributed by atoms with Gasteiger partial charge in [0.25, 0.3) is 11.8 Å². The van der Waals surface area contributed by atoms with Gasteiger partial charge in [0.2, 0.25) is 0 Å². The quantitative estimate of drug-likeness (QED) is 0.307. The molecule has 0 N–H and O–H groups in total. The first kappa shape index (κ1) is 14.7. The minimum absolute atomic E-state index is 0.0602. The lowest BCUT2D eigenvalue weighted by molar-refractivity contribution is -0.136. The fraction of sp³-hybridized carbons (Fsp3) is 0.308. The van der Waals surface area contributed by atoms with Crippen molar-refractivity contribution in [1.29, 1.82) is 0 Å². The number of rotatable bonds is 4. The summed E-state index contributed by atoms with van der Waals surface area (Å²) in [6, 6.07) is 0. The van der Waals surface area contributed by atoms with E-state index in [1.807, 2.05) is 0 Å². The Morgan fingerprint density at radius 3 is 2.18 bits per heavy atom. The second-order valence-corrected chi connectivity index (χ2v) is 3.06. The zero-order chi connectivity index (χ0) is 13.1. The maximum absolute atomic E-state index is 10.7. The minimum atomic E-state index is -0.331. The molecule has 1 rings (SSSR count). The number of unbranched alkanes of at least 4 members (excludes halogenated alkanes) is 2. The molecule has 0 aromatic heterocycles. The Morgan fingerprint density at radius 1 is 1.18 bits per heavy atom. The summed E-state index contributed by atoms with van der Waals surface area (Å²) in [4.78, 5) is 32.0. The van der Waals surface area contributed by atoms with Crippen molar-refractivity contribution >= 4 is 18.1 Å². The average molecular weight is 231 g/mol. The van der Waals surface area contributed by atoms with Gasteiger partial charge in [0.1, 0.15) is 6.29 Å². The largest absolute Gasteiger partial charge is 0.303 e. The Kier molecular flexibility index (Phi) is 7.71. The zero-order valence-electron chi connectivity index (χ0n) is 9.39. The van der Waals surface area contributed by atoms with Crippen LogP contribution in [0.25, 0.3) is 0 Å². The Balaban J connectivity index is 0.000000325. The number of hydrogen-bond acceptors (Lipinski definition) is 3. The first-order chi connectivity index (χ1) is 8.17. The van der Waals surface area contributed by atoms with Gasteiger partial charge in [-0.1, -0.05) is 5.92 Å². The van der Waals surface area contributed by atoms with Gasteiger partial charge in [0.05, 0.1) is 6.54 Å². The second kappa shape index (κ2) is 8.94. The maximum Gasteiger partial charge on any atom is 0.254 e. The molecule has 1 aliphatic rings. The molecular formula is C13H13NO3. The van der Waals surface area contributed by atoms with E-state index in [9.17, 15) is 14.4 Å². The highest BCUT2D eigenvalue weighted by molar-refractivity contribution is 6.13. The fourth-order valence-corrected chi connectivity index (χ4v) is 0.966. The lowest BCUT2D eigenvalue weighted by Gasteiger charge is -2.07. The van der Waals surface area contributed by atoms with E-state index in [0.717, 1.165) is 24.0 Å². The van der Waals surface area contributed by atoms with Crippen LogP contribution in [-0.4, -0.2) is 29.5 Å². The van der Waals surface area contributed by atoms with Crippen LogP contribution in [-0.2, 0) is 14.4 Å². The van der Waals surface area contributed by atoms with E-state index >= 15 is 0 Å². The van der Waals surface area contributed by atoms with Gasteiger partial charge in [0, 0.05) is 25.0 Å². The monoisotopic (exact) mass is 231 g/mol. The third kappa shape index (κ3) is 5.96. The van der Waals surface area contributed by atoms with E-state index < -0.39 is 0 Å². The van der Waals surface area contributed by atoms with E-state index in [0.29, 0.717) is 6.42 Å². The zero-order valence-corrected chi connectivity index (χ0v) is 9.39. The van der Waals surface area contributed by atoms with E-state index in [2.05, 4.69) is 11.8 Å². The number of hydrogen-bond donors (Lipinski definition) is 0. The van der Waals surface area contributed by atoms with Crippen LogP contribution in [0, 0.1) is 24.7 Å². The normalized spacial score (nSPS) is 12.5. The van der Waals surface area contributed by atoms with Gasteiger partial charge in [-0.05, 0) is 6.42 Å². The Hall–Kier alpha value is -2.33. The van der Waals surface area contributed by atoms with Crippen molar-refractivity contribution in [3.8, 4) is 24.7 Å². The van der Waals surface area contributed by atoms with Crippen LogP contribution >= 0.6 is 0 Å². The predicted molar refractivity (Wildman–Crippen MR) is 63.4 cm³/mol. The molecule has 1 heterocycles. The third-order valence-corrected chi connectivity index (χ3v) is 1.79. The summed E-state index contributed by atoms with van der Waals surface area (Å²) in [6.45, 7) is 0.0602. The van der Waals surface area contributed by atoms with Crippen LogP contribution in [0.15, 0.2) is 12.2 Å². The molecule has 88 valence electrons. The average Bonchev–Trinajstić information content (AvgIpc) is 2.63. The second-order valence-electron chi connectivity index (χ2n) is 3.06.